The summed E-state index contributed by atoms with van der Waals surface area (Å²) in [6.45, 7) is 12.7. The summed E-state index contributed by atoms with van der Waals surface area (Å²) < 4.78 is 58.2. The van der Waals surface area contributed by atoms with Crippen molar-refractivity contribution in [1.29, 1.82) is 0 Å². The Morgan fingerprint density at radius 2 is 1.63 bits per heavy atom. The molecular formula is C25H33BFNO6S. The fraction of sp³-hybridized carbons (Fsp3) is 0.480. The number of anilines is 1. The minimum absolute atomic E-state index is 0.0572. The number of benzene rings is 2. The molecule has 10 heteroatoms. The first-order chi connectivity index (χ1) is 15.9. The summed E-state index contributed by atoms with van der Waals surface area (Å²) >= 11 is 0. The highest BCUT2D eigenvalue weighted by Crippen LogP contribution is 2.37. The number of carbonyl (C=O) groups is 1. The Hall–Kier alpha value is -2.43. The Balaban J connectivity index is 2.11. The van der Waals surface area contributed by atoms with Gasteiger partial charge in [0.1, 0.15) is 11.4 Å². The van der Waals surface area contributed by atoms with Gasteiger partial charge >= 0.3 is 13.2 Å². The molecule has 0 aromatic heterocycles. The third-order valence-electron chi connectivity index (χ3n) is 6.16. The van der Waals surface area contributed by atoms with Crippen LogP contribution in [0.3, 0.4) is 0 Å². The van der Waals surface area contributed by atoms with Crippen molar-refractivity contribution >= 4 is 34.2 Å². The number of halogens is 1. The fourth-order valence-corrected chi connectivity index (χ4v) is 4.66. The number of hydrogen-bond acceptors (Lipinski definition) is 6. The third-order valence-corrected chi connectivity index (χ3v) is 7.36. The van der Waals surface area contributed by atoms with Gasteiger partial charge < -0.3 is 14.0 Å². The predicted molar refractivity (Wildman–Crippen MR) is 134 cm³/mol. The topological polar surface area (TPSA) is 90.9 Å². The number of nitrogens with one attached hydrogen (secondary N) is 1. The molecule has 1 N–H and O–H groups in total. The Morgan fingerprint density at radius 3 is 2.17 bits per heavy atom. The average Bonchev–Trinajstić information content (AvgIpc) is 2.90. The van der Waals surface area contributed by atoms with Gasteiger partial charge in [0.2, 0.25) is 0 Å². The smallest absolute Gasteiger partial charge is 0.444 e. The van der Waals surface area contributed by atoms with E-state index in [4.69, 9.17) is 14.0 Å². The SMILES string of the molecule is CC(C)(C)OC(=O)Nc1ccc(B2OC(C)(C)C(C)(C)O2)c(Cc2ccccc2S(C)(=O)=O)c1F. The first kappa shape index (κ1) is 27.2. The van der Waals surface area contributed by atoms with E-state index in [1.807, 2.05) is 27.7 Å². The minimum atomic E-state index is -3.56. The molecule has 1 amide bonds. The molecule has 35 heavy (non-hydrogen) atoms. The maximum Gasteiger partial charge on any atom is 0.495 e. The van der Waals surface area contributed by atoms with Gasteiger partial charge in [0.05, 0.1) is 21.8 Å². The molecule has 7 nitrogen and oxygen atoms in total. The molecule has 1 aliphatic rings. The molecule has 2 aromatic carbocycles. The van der Waals surface area contributed by atoms with E-state index in [2.05, 4.69) is 5.32 Å². The van der Waals surface area contributed by atoms with Crippen molar-refractivity contribution in [3.05, 3.63) is 53.3 Å². The van der Waals surface area contributed by atoms with Crippen LogP contribution >= 0.6 is 0 Å². The van der Waals surface area contributed by atoms with E-state index in [9.17, 15) is 13.2 Å². The quantitative estimate of drug-likeness (QED) is 0.604. The molecule has 1 heterocycles. The molecular weight excluding hydrogens is 472 g/mol. The van der Waals surface area contributed by atoms with Crippen LogP contribution in [0.5, 0.6) is 0 Å². The second-order valence-corrected chi connectivity index (χ2v) is 12.8. The molecule has 3 rings (SSSR count). The van der Waals surface area contributed by atoms with Gasteiger partial charge in [-0.25, -0.2) is 17.6 Å². The summed E-state index contributed by atoms with van der Waals surface area (Å²) in [4.78, 5) is 12.4. The van der Waals surface area contributed by atoms with Crippen molar-refractivity contribution in [2.24, 2.45) is 0 Å². The van der Waals surface area contributed by atoms with Gasteiger partial charge in [0, 0.05) is 12.7 Å². The van der Waals surface area contributed by atoms with Crippen LogP contribution < -0.4 is 10.8 Å². The maximum atomic E-state index is 15.9. The predicted octanol–water partition coefficient (Wildman–Crippen LogP) is 4.47. The van der Waals surface area contributed by atoms with Crippen molar-refractivity contribution in [2.45, 2.75) is 76.6 Å². The number of sulfone groups is 1. The van der Waals surface area contributed by atoms with Gasteiger partial charge in [-0.05, 0) is 77.2 Å². The van der Waals surface area contributed by atoms with Crippen LogP contribution in [0.4, 0.5) is 14.9 Å². The normalized spacial score (nSPS) is 17.3. The first-order valence-electron chi connectivity index (χ1n) is 11.4. The third kappa shape index (κ3) is 6.05. The number of ether oxygens (including phenoxy) is 1. The van der Waals surface area contributed by atoms with Crippen molar-refractivity contribution in [2.75, 3.05) is 11.6 Å². The number of rotatable bonds is 5. The Labute approximate surface area is 207 Å². The van der Waals surface area contributed by atoms with Crippen LogP contribution in [0, 0.1) is 5.82 Å². The molecule has 1 saturated heterocycles. The largest absolute Gasteiger partial charge is 0.495 e. The van der Waals surface area contributed by atoms with E-state index < -0.39 is 45.7 Å². The molecule has 0 radical (unpaired) electrons. The van der Waals surface area contributed by atoms with Crippen LogP contribution in [0.15, 0.2) is 41.3 Å². The summed E-state index contributed by atoms with van der Waals surface area (Å²) in [5.41, 5.74) is -1.19. The van der Waals surface area contributed by atoms with Crippen molar-refractivity contribution in [3.63, 3.8) is 0 Å². The van der Waals surface area contributed by atoms with Gasteiger partial charge in [0.15, 0.2) is 9.84 Å². The van der Waals surface area contributed by atoms with E-state index in [0.29, 0.717) is 11.0 Å². The lowest BCUT2D eigenvalue weighted by molar-refractivity contribution is 0.00578. The highest BCUT2D eigenvalue weighted by molar-refractivity contribution is 7.90. The molecule has 1 aliphatic heterocycles. The Morgan fingerprint density at radius 1 is 1.06 bits per heavy atom. The van der Waals surface area contributed by atoms with Gasteiger partial charge in [-0.3, -0.25) is 5.32 Å². The van der Waals surface area contributed by atoms with Crippen molar-refractivity contribution in [1.82, 2.24) is 0 Å². The van der Waals surface area contributed by atoms with Crippen LogP contribution in [-0.2, 0) is 30.3 Å². The minimum Gasteiger partial charge on any atom is -0.444 e. The van der Waals surface area contributed by atoms with Gasteiger partial charge in [-0.1, -0.05) is 24.3 Å². The lowest BCUT2D eigenvalue weighted by Crippen LogP contribution is -2.41. The van der Waals surface area contributed by atoms with Crippen LogP contribution in [0.2, 0.25) is 0 Å². The lowest BCUT2D eigenvalue weighted by atomic mass is 9.74. The molecule has 0 atom stereocenters. The molecule has 0 bridgehead atoms. The van der Waals surface area contributed by atoms with E-state index in [1.54, 1.807) is 45.0 Å². The zero-order valence-electron chi connectivity index (χ0n) is 21.5. The number of hydrogen-bond donors (Lipinski definition) is 1. The molecule has 0 aliphatic carbocycles. The van der Waals surface area contributed by atoms with Crippen LogP contribution in [0.1, 0.15) is 59.6 Å². The maximum absolute atomic E-state index is 15.9. The van der Waals surface area contributed by atoms with Gasteiger partial charge in [0.25, 0.3) is 0 Å². The first-order valence-corrected chi connectivity index (χ1v) is 13.3. The van der Waals surface area contributed by atoms with E-state index in [0.717, 1.165) is 6.26 Å². The van der Waals surface area contributed by atoms with Crippen molar-refractivity contribution in [3.8, 4) is 0 Å². The molecule has 0 unspecified atom stereocenters. The zero-order chi connectivity index (χ0) is 26.4. The second kappa shape index (κ2) is 9.22. The van der Waals surface area contributed by atoms with Crippen LogP contribution in [-0.4, -0.2) is 44.7 Å². The van der Waals surface area contributed by atoms with Crippen LogP contribution in [0.25, 0.3) is 0 Å². The standard InChI is InChI=1S/C25H33BFNO6S/c1-23(2,3)32-22(29)28-19-14-13-18(26-33-24(4,5)25(6,7)34-26)17(21(19)27)15-16-11-9-10-12-20(16)35(8,30)31/h9-14H,15H2,1-8H3,(H,28,29). The number of amides is 1. The zero-order valence-corrected chi connectivity index (χ0v) is 22.3. The highest BCUT2D eigenvalue weighted by atomic mass is 32.2. The van der Waals surface area contributed by atoms with E-state index in [1.165, 1.54) is 12.1 Å². The number of carbonyl (C=O) groups excluding carboxylic acids is 1. The molecule has 190 valence electrons. The van der Waals surface area contributed by atoms with Gasteiger partial charge in [-0.15, -0.1) is 0 Å². The van der Waals surface area contributed by atoms with E-state index >= 15 is 4.39 Å². The highest BCUT2D eigenvalue weighted by Gasteiger charge is 2.52. The monoisotopic (exact) mass is 505 g/mol. The molecule has 0 spiro atoms. The van der Waals surface area contributed by atoms with Gasteiger partial charge in [-0.2, -0.15) is 0 Å². The Kier molecular flexibility index (Phi) is 7.16. The molecule has 0 saturated carbocycles. The Bertz CT molecular complexity index is 1220. The summed E-state index contributed by atoms with van der Waals surface area (Å²) in [5.74, 6) is -0.716. The summed E-state index contributed by atoms with van der Waals surface area (Å²) in [5, 5.41) is 2.45. The lowest BCUT2D eigenvalue weighted by Gasteiger charge is -2.32. The van der Waals surface area contributed by atoms with E-state index in [-0.39, 0.29) is 22.6 Å². The average molecular weight is 505 g/mol. The molecule has 2 aromatic rings. The summed E-state index contributed by atoms with van der Waals surface area (Å²) in [6, 6.07) is 9.48. The molecule has 1 fully saturated rings. The summed E-state index contributed by atoms with van der Waals surface area (Å²) in [7, 11) is -4.44. The summed E-state index contributed by atoms with van der Waals surface area (Å²) in [6.07, 6.45) is 0.248. The van der Waals surface area contributed by atoms with Crippen molar-refractivity contribution < 1.29 is 31.6 Å². The fourth-order valence-electron chi connectivity index (χ4n) is 3.72. The second-order valence-electron chi connectivity index (χ2n) is 10.8.